The Balaban J connectivity index is 0.00000336. The van der Waals surface area contributed by atoms with Crippen molar-refractivity contribution in [3.05, 3.63) is 89.6 Å². The molecule has 3 saturated heterocycles. The summed E-state index contributed by atoms with van der Waals surface area (Å²) >= 11 is 0. The Bertz CT molecular complexity index is 1270. The Kier molecular flexibility index (Phi) is 8.02. The van der Waals surface area contributed by atoms with Gasteiger partial charge in [-0.05, 0) is 57.7 Å². The molecule has 3 aliphatic heterocycles. The maximum absolute atomic E-state index is 12.1. The van der Waals surface area contributed by atoms with E-state index in [4.69, 9.17) is 0 Å². The lowest BCUT2D eigenvalue weighted by Gasteiger charge is -2.58. The molecule has 2 aromatic carbocycles. The molecule has 4 heterocycles. The molecule has 0 spiro atoms. The molecule has 6 rings (SSSR count). The Morgan fingerprint density at radius 1 is 1.03 bits per heavy atom. The molecule has 2 bridgehead atoms. The first-order chi connectivity index (χ1) is 17.4. The maximum Gasteiger partial charge on any atom is 0.131 e. The molecule has 3 aliphatic rings. The van der Waals surface area contributed by atoms with Gasteiger partial charge in [-0.15, -0.1) is 6.58 Å². The second-order valence-corrected chi connectivity index (χ2v) is 13.8. The van der Waals surface area contributed by atoms with Gasteiger partial charge in [0.05, 0.1) is 18.6 Å². The maximum atomic E-state index is 12.1. The van der Waals surface area contributed by atoms with E-state index in [-0.39, 0.29) is 33.9 Å². The van der Waals surface area contributed by atoms with Gasteiger partial charge in [0.15, 0.2) is 0 Å². The van der Waals surface area contributed by atoms with Crippen LogP contribution in [0.3, 0.4) is 0 Å². The van der Waals surface area contributed by atoms with E-state index in [1.807, 2.05) is 24.4 Å². The van der Waals surface area contributed by atoms with Crippen LogP contribution in [0.2, 0.25) is 0 Å². The number of pyridine rings is 1. The molecule has 204 valence electrons. The van der Waals surface area contributed by atoms with E-state index in [0.29, 0.717) is 11.8 Å². The second-order valence-electron chi connectivity index (χ2n) is 13.8. The highest BCUT2D eigenvalue weighted by molar-refractivity contribution is 5.82. The van der Waals surface area contributed by atoms with Crippen LogP contribution in [0.15, 0.2) is 67.4 Å². The fraction of sp³-hybridized carbons (Fsp3) is 0.500. The van der Waals surface area contributed by atoms with Crippen molar-refractivity contribution in [3.63, 3.8) is 0 Å². The number of aliphatic hydroxyl groups excluding tert-OH is 1. The average Bonchev–Trinajstić information content (AvgIpc) is 2.86. The number of nitrogens with zero attached hydrogens (tertiary/aromatic N) is 2. The molecule has 1 N–H and O–H groups in total. The van der Waals surface area contributed by atoms with Crippen molar-refractivity contribution in [2.75, 3.05) is 13.1 Å². The minimum atomic E-state index is -0.519. The van der Waals surface area contributed by atoms with Crippen LogP contribution in [-0.4, -0.2) is 33.7 Å². The zero-order chi connectivity index (χ0) is 26.6. The quantitative estimate of drug-likeness (QED) is 0.359. The molecular formula is C34H45BrN2O. The molecule has 38 heavy (non-hydrogen) atoms. The fourth-order valence-corrected chi connectivity index (χ4v) is 6.98. The van der Waals surface area contributed by atoms with Crippen molar-refractivity contribution < 1.29 is 26.6 Å². The van der Waals surface area contributed by atoms with Gasteiger partial charge in [0, 0.05) is 35.9 Å². The van der Waals surface area contributed by atoms with Crippen molar-refractivity contribution >= 4 is 10.9 Å². The monoisotopic (exact) mass is 576 g/mol. The van der Waals surface area contributed by atoms with Gasteiger partial charge in [-0.25, -0.2) is 0 Å². The molecular weight excluding hydrogens is 532 g/mol. The summed E-state index contributed by atoms with van der Waals surface area (Å²) in [7, 11) is 0. The number of aliphatic hydroxyl groups is 1. The number of hydrogen-bond donors (Lipinski definition) is 1. The van der Waals surface area contributed by atoms with E-state index in [1.54, 1.807) is 0 Å². The summed E-state index contributed by atoms with van der Waals surface area (Å²) in [6.45, 7) is 21.2. The van der Waals surface area contributed by atoms with E-state index in [1.165, 1.54) is 23.1 Å². The van der Waals surface area contributed by atoms with Crippen molar-refractivity contribution in [2.24, 2.45) is 11.8 Å². The molecule has 0 unspecified atom stereocenters. The van der Waals surface area contributed by atoms with Crippen LogP contribution in [0, 0.1) is 11.8 Å². The Hall–Kier alpha value is -2.01. The molecule has 3 fully saturated rings. The third kappa shape index (κ3) is 5.37. The molecule has 4 heteroatoms. The topological polar surface area (TPSA) is 33.1 Å². The van der Waals surface area contributed by atoms with Crippen LogP contribution in [0.4, 0.5) is 0 Å². The standard InChI is InChI=1S/C34H45N2O.BrH/c1-8-24-22-36(21-23-17-26(33(2,3)4)20-27(18-23)34(5,6)7)16-14-25(24)19-31(36)32(37)29-13-15-35-30-12-10-9-11-28(29)30;/h8-13,15,17-18,20,24-25,31-32,37H,1,14,16,19,21-22H2,2-7H3;1H/q+1;/p-1/t24-,25-,31-,32+,36+;/m0./s1. The first-order valence-corrected chi connectivity index (χ1v) is 14.1. The predicted octanol–water partition coefficient (Wildman–Crippen LogP) is 4.48. The van der Waals surface area contributed by atoms with Gasteiger partial charge in [-0.3, -0.25) is 4.98 Å². The number of benzene rings is 2. The number of rotatable bonds is 5. The van der Waals surface area contributed by atoms with Crippen LogP contribution in [0.25, 0.3) is 10.9 Å². The number of para-hydroxylation sites is 1. The van der Waals surface area contributed by atoms with E-state index >= 15 is 0 Å². The predicted molar refractivity (Wildman–Crippen MR) is 154 cm³/mol. The first kappa shape index (κ1) is 29.0. The normalized spacial score (nSPS) is 26.1. The molecule has 0 saturated carbocycles. The molecule has 3 aromatic rings. The third-order valence-electron chi connectivity index (χ3n) is 9.26. The van der Waals surface area contributed by atoms with E-state index in [9.17, 15) is 5.11 Å². The summed E-state index contributed by atoms with van der Waals surface area (Å²) < 4.78 is 0.933. The zero-order valence-electron chi connectivity index (χ0n) is 24.0. The molecule has 0 radical (unpaired) electrons. The molecule has 3 nitrogen and oxygen atoms in total. The number of quaternary nitrogens is 1. The number of hydrogen-bond acceptors (Lipinski definition) is 2. The van der Waals surface area contributed by atoms with E-state index in [2.05, 4.69) is 89.5 Å². The number of piperidine rings is 3. The lowest BCUT2D eigenvalue weighted by molar-refractivity contribution is -0.984. The van der Waals surface area contributed by atoms with Gasteiger partial charge >= 0.3 is 0 Å². The molecule has 5 atom stereocenters. The average molecular weight is 578 g/mol. The summed E-state index contributed by atoms with van der Waals surface area (Å²) in [5, 5.41) is 13.1. The SMILES string of the molecule is C=C[C@H]1C[N@+]2(Cc3cc(C(C)(C)C)cc(C(C)(C)C)c3)CC[C@H]1C[C@H]2[C@H](O)c1ccnc2ccccc12.[Br-]. The van der Waals surface area contributed by atoms with Gasteiger partial charge in [0.25, 0.3) is 0 Å². The number of halogens is 1. The Morgan fingerprint density at radius 2 is 1.68 bits per heavy atom. The van der Waals surface area contributed by atoms with Gasteiger partial charge in [0.2, 0.25) is 0 Å². The lowest BCUT2D eigenvalue weighted by atomic mass is 9.71. The number of fused-ring (bicyclic) bond motifs is 4. The molecule has 0 amide bonds. The van der Waals surface area contributed by atoms with Crippen LogP contribution in [0.5, 0.6) is 0 Å². The van der Waals surface area contributed by atoms with Crippen molar-refractivity contribution in [1.82, 2.24) is 4.98 Å². The van der Waals surface area contributed by atoms with Crippen molar-refractivity contribution in [3.8, 4) is 0 Å². The van der Waals surface area contributed by atoms with Crippen LogP contribution < -0.4 is 17.0 Å². The highest BCUT2D eigenvalue weighted by Crippen LogP contribution is 2.48. The van der Waals surface area contributed by atoms with Gasteiger partial charge < -0.3 is 26.6 Å². The fourth-order valence-electron chi connectivity index (χ4n) is 6.98. The Labute approximate surface area is 240 Å². The number of aromatic nitrogens is 1. The van der Waals surface area contributed by atoms with Gasteiger partial charge in [-0.2, -0.15) is 0 Å². The summed E-state index contributed by atoms with van der Waals surface area (Å²) in [6.07, 6.45) is 5.78. The van der Waals surface area contributed by atoms with E-state index < -0.39 is 6.10 Å². The van der Waals surface area contributed by atoms with E-state index in [0.717, 1.165) is 47.0 Å². The zero-order valence-corrected chi connectivity index (χ0v) is 25.6. The second kappa shape index (κ2) is 10.5. The summed E-state index contributed by atoms with van der Waals surface area (Å²) in [4.78, 5) is 4.56. The minimum absolute atomic E-state index is 0. The third-order valence-corrected chi connectivity index (χ3v) is 9.26. The minimum Gasteiger partial charge on any atom is -1.00 e. The van der Waals surface area contributed by atoms with Gasteiger partial charge in [0.1, 0.15) is 18.7 Å². The summed E-state index contributed by atoms with van der Waals surface area (Å²) in [6, 6.07) is 17.7. The van der Waals surface area contributed by atoms with Crippen LogP contribution >= 0.6 is 0 Å². The largest absolute Gasteiger partial charge is 1.00 e. The highest BCUT2D eigenvalue weighted by atomic mass is 79.9. The molecule has 1 aromatic heterocycles. The Morgan fingerprint density at radius 3 is 2.32 bits per heavy atom. The van der Waals surface area contributed by atoms with Crippen molar-refractivity contribution in [2.45, 2.75) is 83.9 Å². The lowest BCUT2D eigenvalue weighted by Crippen LogP contribution is -3.00. The smallest absolute Gasteiger partial charge is 0.131 e. The first-order valence-electron chi connectivity index (χ1n) is 14.1. The van der Waals surface area contributed by atoms with Crippen LogP contribution in [-0.2, 0) is 17.4 Å². The van der Waals surface area contributed by atoms with Crippen LogP contribution in [0.1, 0.15) is 82.7 Å². The summed E-state index contributed by atoms with van der Waals surface area (Å²) in [5.41, 5.74) is 6.35. The highest BCUT2D eigenvalue weighted by Gasteiger charge is 2.54. The van der Waals surface area contributed by atoms with Gasteiger partial charge in [-0.1, -0.05) is 71.9 Å². The summed E-state index contributed by atoms with van der Waals surface area (Å²) in [5.74, 6) is 1.12. The van der Waals surface area contributed by atoms with Crippen molar-refractivity contribution in [1.29, 1.82) is 0 Å². The molecule has 0 aliphatic carbocycles.